The Morgan fingerprint density at radius 2 is 0.725 bits per heavy atom. The van der Waals surface area contributed by atoms with Gasteiger partial charge in [0.05, 0.1) is 11.1 Å². The van der Waals surface area contributed by atoms with Crippen molar-refractivity contribution in [3.8, 4) is 44.5 Å². The van der Waals surface area contributed by atoms with E-state index in [1.165, 1.54) is 4.90 Å². The second kappa shape index (κ2) is 11.1. The smallest absolute Gasteiger partial charge is 0.262 e. The van der Waals surface area contributed by atoms with Crippen LogP contribution in [-0.4, -0.2) is 29.8 Å². The normalized spacial score (nSPS) is 12.6. The van der Waals surface area contributed by atoms with Crippen molar-refractivity contribution in [3.05, 3.63) is 132 Å². The maximum Gasteiger partial charge on any atom is 0.262 e. The summed E-state index contributed by atoms with van der Waals surface area (Å²) in [5.74, 6) is -0.491. The molecule has 0 bridgehead atoms. The van der Waals surface area contributed by atoms with E-state index in [1.807, 2.05) is 97.1 Å². The van der Waals surface area contributed by atoms with Gasteiger partial charge in [0.1, 0.15) is 0 Å². The number of unbranched alkanes of at least 4 members (excludes halogenated alkanes) is 1. The van der Waals surface area contributed by atoms with Crippen molar-refractivity contribution in [1.29, 1.82) is 0 Å². The number of rotatable bonds is 8. The maximum absolute atomic E-state index is 14.3. The molecule has 6 rings (SSSR count). The van der Waals surface area contributed by atoms with E-state index in [-0.39, 0.29) is 11.8 Å². The minimum absolute atomic E-state index is 0.246. The zero-order valence-corrected chi connectivity index (χ0v) is 22.2. The van der Waals surface area contributed by atoms with Crippen molar-refractivity contribution in [1.82, 2.24) is 4.90 Å². The zero-order valence-electron chi connectivity index (χ0n) is 22.2. The average molecular weight is 523 g/mol. The molecule has 1 heterocycles. The lowest BCUT2D eigenvalue weighted by Crippen LogP contribution is -2.31. The van der Waals surface area contributed by atoms with Crippen LogP contribution in [0.25, 0.3) is 44.5 Å². The highest BCUT2D eigenvalue weighted by Gasteiger charge is 2.42. The molecule has 4 heteroatoms. The molecule has 5 aromatic carbocycles. The SMILES string of the molecule is NCCCCN1C(=O)c2c(c(-c3ccccc3)c(-c3ccccc3)c(-c3ccccc3)c2-c2ccccc2)C1=O. The molecule has 1 aliphatic rings. The number of carbonyl (C=O) groups is 2. The van der Waals surface area contributed by atoms with E-state index in [2.05, 4.69) is 24.3 Å². The third kappa shape index (κ3) is 4.42. The minimum Gasteiger partial charge on any atom is -0.330 e. The number of nitrogens with zero attached hydrogens (tertiary/aromatic N) is 1. The lowest BCUT2D eigenvalue weighted by Gasteiger charge is -2.23. The number of hydrogen-bond donors (Lipinski definition) is 1. The maximum atomic E-state index is 14.3. The zero-order chi connectivity index (χ0) is 27.5. The predicted octanol–water partition coefficient (Wildman–Crippen LogP) is 7.69. The van der Waals surface area contributed by atoms with Gasteiger partial charge in [-0.1, -0.05) is 121 Å². The molecule has 0 atom stereocenters. The van der Waals surface area contributed by atoms with E-state index < -0.39 is 0 Å². The first kappa shape index (κ1) is 25.5. The monoisotopic (exact) mass is 522 g/mol. The summed E-state index contributed by atoms with van der Waals surface area (Å²) in [7, 11) is 0. The van der Waals surface area contributed by atoms with Gasteiger partial charge in [0.2, 0.25) is 0 Å². The van der Waals surface area contributed by atoms with Crippen molar-refractivity contribution in [3.63, 3.8) is 0 Å². The van der Waals surface area contributed by atoms with Gasteiger partial charge in [-0.25, -0.2) is 0 Å². The molecular formula is C36H30N2O2. The molecular weight excluding hydrogens is 492 g/mol. The number of hydrogen-bond acceptors (Lipinski definition) is 3. The fraction of sp³-hybridized carbons (Fsp3) is 0.111. The summed E-state index contributed by atoms with van der Waals surface area (Å²) in [5, 5.41) is 0. The summed E-state index contributed by atoms with van der Waals surface area (Å²) in [6.45, 7) is 0.858. The fourth-order valence-corrected chi connectivity index (χ4v) is 5.73. The van der Waals surface area contributed by atoms with Crippen LogP contribution < -0.4 is 5.73 Å². The highest BCUT2D eigenvalue weighted by Crippen LogP contribution is 2.51. The van der Waals surface area contributed by atoms with Gasteiger partial charge in [-0.15, -0.1) is 0 Å². The van der Waals surface area contributed by atoms with E-state index >= 15 is 0 Å². The number of nitrogens with two attached hydrogens (primary N) is 1. The average Bonchev–Trinajstić information content (AvgIpc) is 3.26. The van der Waals surface area contributed by atoms with E-state index in [4.69, 9.17) is 5.73 Å². The molecule has 5 aromatic rings. The third-order valence-electron chi connectivity index (χ3n) is 7.50. The molecule has 2 N–H and O–H groups in total. The molecule has 40 heavy (non-hydrogen) atoms. The summed E-state index contributed by atoms with van der Waals surface area (Å²) in [6, 6.07) is 40.3. The van der Waals surface area contributed by atoms with E-state index in [0.717, 1.165) is 50.9 Å². The molecule has 0 aromatic heterocycles. The Morgan fingerprint density at radius 1 is 0.425 bits per heavy atom. The quantitative estimate of drug-likeness (QED) is 0.168. The second-order valence-electron chi connectivity index (χ2n) is 9.97. The van der Waals surface area contributed by atoms with Gasteiger partial charge in [-0.3, -0.25) is 14.5 Å². The van der Waals surface area contributed by atoms with Crippen LogP contribution >= 0.6 is 0 Å². The Kier molecular flexibility index (Phi) is 7.09. The minimum atomic E-state index is -0.246. The molecule has 0 unspecified atom stereocenters. The van der Waals surface area contributed by atoms with Crippen LogP contribution in [0.1, 0.15) is 33.6 Å². The molecule has 0 saturated heterocycles. The first-order valence-electron chi connectivity index (χ1n) is 13.7. The highest BCUT2D eigenvalue weighted by molar-refractivity contribution is 6.30. The molecule has 0 spiro atoms. The molecule has 196 valence electrons. The van der Waals surface area contributed by atoms with Crippen molar-refractivity contribution in [2.75, 3.05) is 13.1 Å². The Bertz CT molecular complexity index is 1540. The third-order valence-corrected chi connectivity index (χ3v) is 7.50. The lowest BCUT2D eigenvalue weighted by molar-refractivity contribution is 0.0652. The molecule has 0 fully saturated rings. The van der Waals surface area contributed by atoms with Gasteiger partial charge in [-0.05, 0) is 52.8 Å². The Labute approximate surface area is 234 Å². The fourth-order valence-electron chi connectivity index (χ4n) is 5.73. The van der Waals surface area contributed by atoms with Gasteiger partial charge in [-0.2, -0.15) is 0 Å². The lowest BCUT2D eigenvalue weighted by atomic mass is 9.78. The summed E-state index contributed by atoms with van der Waals surface area (Å²) in [6.07, 6.45) is 1.41. The Morgan fingerprint density at radius 3 is 1.02 bits per heavy atom. The van der Waals surface area contributed by atoms with Crippen molar-refractivity contribution in [2.45, 2.75) is 12.8 Å². The summed E-state index contributed by atoms with van der Waals surface area (Å²) >= 11 is 0. The molecule has 0 aliphatic carbocycles. The van der Waals surface area contributed by atoms with E-state index in [0.29, 0.717) is 30.6 Å². The molecule has 0 radical (unpaired) electrons. The summed E-state index contributed by atoms with van der Waals surface area (Å²) < 4.78 is 0. The first-order valence-corrected chi connectivity index (χ1v) is 13.7. The van der Waals surface area contributed by atoms with Crippen LogP contribution in [0.5, 0.6) is 0 Å². The predicted molar refractivity (Wildman–Crippen MR) is 162 cm³/mol. The van der Waals surface area contributed by atoms with Gasteiger partial charge in [0.25, 0.3) is 11.8 Å². The van der Waals surface area contributed by atoms with Crippen LogP contribution in [0.2, 0.25) is 0 Å². The molecule has 1 aliphatic heterocycles. The van der Waals surface area contributed by atoms with Crippen LogP contribution in [0, 0.1) is 0 Å². The van der Waals surface area contributed by atoms with Gasteiger partial charge < -0.3 is 5.73 Å². The van der Waals surface area contributed by atoms with E-state index in [9.17, 15) is 9.59 Å². The number of amides is 2. The van der Waals surface area contributed by atoms with Crippen LogP contribution in [0.3, 0.4) is 0 Å². The first-order chi connectivity index (χ1) is 19.7. The Balaban J connectivity index is 1.81. The largest absolute Gasteiger partial charge is 0.330 e. The summed E-state index contributed by atoms with van der Waals surface area (Å²) in [4.78, 5) is 30.0. The van der Waals surface area contributed by atoms with Crippen molar-refractivity contribution >= 4 is 11.8 Å². The number of fused-ring (bicyclic) bond motifs is 1. The second-order valence-corrected chi connectivity index (χ2v) is 9.97. The van der Waals surface area contributed by atoms with Crippen molar-refractivity contribution in [2.24, 2.45) is 5.73 Å². The van der Waals surface area contributed by atoms with Crippen LogP contribution in [0.15, 0.2) is 121 Å². The van der Waals surface area contributed by atoms with Gasteiger partial charge in [0, 0.05) is 17.7 Å². The molecule has 0 saturated carbocycles. The van der Waals surface area contributed by atoms with Gasteiger partial charge in [0.15, 0.2) is 0 Å². The standard InChI is InChI=1S/C36H30N2O2/c37-23-13-14-24-38-35(39)33-31(27-19-9-3-10-20-27)29(25-15-5-1-6-16-25)30(26-17-7-2-8-18-26)32(34(33)36(38)40)28-21-11-4-12-22-28/h1-12,15-22H,13-14,23-24,37H2. The summed E-state index contributed by atoms with van der Waals surface area (Å²) in [5.41, 5.74) is 13.9. The van der Waals surface area contributed by atoms with E-state index in [1.54, 1.807) is 0 Å². The topological polar surface area (TPSA) is 63.4 Å². The van der Waals surface area contributed by atoms with Crippen LogP contribution in [-0.2, 0) is 0 Å². The van der Waals surface area contributed by atoms with Gasteiger partial charge >= 0.3 is 0 Å². The van der Waals surface area contributed by atoms with Crippen LogP contribution in [0.4, 0.5) is 0 Å². The number of imide groups is 1. The number of carbonyl (C=O) groups excluding carboxylic acids is 2. The molecule has 4 nitrogen and oxygen atoms in total. The number of benzene rings is 5. The molecule has 2 amide bonds. The highest BCUT2D eigenvalue weighted by atomic mass is 16.2. The Hall–Kier alpha value is -4.80. The van der Waals surface area contributed by atoms with Crippen molar-refractivity contribution < 1.29 is 9.59 Å².